The average molecular weight is 136 g/mol. The fourth-order valence-corrected chi connectivity index (χ4v) is 0.414. The summed E-state index contributed by atoms with van der Waals surface area (Å²) in [7, 11) is 0. The molecule has 56 valence electrons. The molecule has 0 aliphatic carbocycles. The predicted molar refractivity (Wildman–Crippen MR) is 33.0 cm³/mol. The van der Waals surface area contributed by atoms with Crippen LogP contribution in [0.5, 0.6) is 0 Å². The molecule has 0 spiro atoms. The number of ether oxygens (including phenoxy) is 2. The quantitative estimate of drug-likeness (QED) is 0.531. The monoisotopic (exact) mass is 136 g/mol. The third-order valence-electron chi connectivity index (χ3n) is 0.779. The maximum atomic E-state index is 11.9. The molecule has 0 aliphatic heterocycles. The van der Waals surface area contributed by atoms with E-state index in [1.165, 1.54) is 6.92 Å². The molecule has 0 aromatic rings. The van der Waals surface area contributed by atoms with Crippen molar-refractivity contribution in [3.05, 3.63) is 0 Å². The maximum Gasteiger partial charge on any atom is 0.195 e. The van der Waals surface area contributed by atoms with Crippen LogP contribution in [-0.2, 0) is 9.47 Å². The zero-order valence-electron chi connectivity index (χ0n) is 5.89. The van der Waals surface area contributed by atoms with Gasteiger partial charge in [-0.15, -0.1) is 0 Å². The third kappa shape index (κ3) is 7.85. The minimum Gasteiger partial charge on any atom is -0.379 e. The molecule has 0 heterocycles. The molecule has 0 aliphatic rings. The van der Waals surface area contributed by atoms with Gasteiger partial charge in [-0.1, -0.05) is 0 Å². The molecule has 0 bridgehead atoms. The molecule has 0 N–H and O–H groups in total. The van der Waals surface area contributed by atoms with E-state index in [4.69, 9.17) is 4.74 Å². The van der Waals surface area contributed by atoms with Crippen LogP contribution in [0.15, 0.2) is 0 Å². The largest absolute Gasteiger partial charge is 0.379 e. The minimum absolute atomic E-state index is 0.339. The van der Waals surface area contributed by atoms with E-state index in [-0.39, 0.29) is 0 Å². The van der Waals surface area contributed by atoms with E-state index in [0.717, 1.165) is 0 Å². The summed E-state index contributed by atoms with van der Waals surface area (Å²) in [6.07, 6.45) is -1.18. The number of hydrogen-bond donors (Lipinski definition) is 0. The normalized spacial score (nSPS) is 13.7. The van der Waals surface area contributed by atoms with Gasteiger partial charge in [0, 0.05) is 6.61 Å². The summed E-state index contributed by atoms with van der Waals surface area (Å²) < 4.78 is 21.3. The first-order chi connectivity index (χ1) is 4.27. The Morgan fingerprint density at radius 1 is 1.44 bits per heavy atom. The van der Waals surface area contributed by atoms with Crippen LogP contribution in [0.1, 0.15) is 13.8 Å². The van der Waals surface area contributed by atoms with Gasteiger partial charge < -0.3 is 9.47 Å². The second-order valence-corrected chi connectivity index (χ2v) is 1.61. The Bertz CT molecular complexity index is 57.0. The second-order valence-electron chi connectivity index (χ2n) is 1.61. The fourth-order valence-electron chi connectivity index (χ4n) is 0.414. The van der Waals surface area contributed by atoms with E-state index < -0.39 is 6.36 Å². The molecule has 1 unspecified atom stereocenters. The summed E-state index contributed by atoms with van der Waals surface area (Å²) in [5.74, 6) is 0. The molecular weight excluding hydrogens is 123 g/mol. The van der Waals surface area contributed by atoms with Gasteiger partial charge in [-0.05, 0) is 13.8 Å². The van der Waals surface area contributed by atoms with Crippen molar-refractivity contribution < 1.29 is 13.9 Å². The summed E-state index contributed by atoms with van der Waals surface area (Å²) in [4.78, 5) is 0. The smallest absolute Gasteiger partial charge is 0.195 e. The number of alkyl halides is 1. The number of rotatable bonds is 5. The van der Waals surface area contributed by atoms with Crippen LogP contribution >= 0.6 is 0 Å². The molecule has 9 heavy (non-hydrogen) atoms. The van der Waals surface area contributed by atoms with E-state index in [2.05, 4.69) is 4.74 Å². The first-order valence-corrected chi connectivity index (χ1v) is 3.10. The standard InChI is InChI=1S/C6H13FO2/c1-3-8-4-5-9-6(2)7/h6H,3-5H2,1-2H3. The average Bonchev–Trinajstić information content (AvgIpc) is 1.80. The van der Waals surface area contributed by atoms with E-state index in [0.29, 0.717) is 19.8 Å². The van der Waals surface area contributed by atoms with Crippen LogP contribution in [0, 0.1) is 0 Å². The third-order valence-corrected chi connectivity index (χ3v) is 0.779. The lowest BCUT2D eigenvalue weighted by Crippen LogP contribution is -2.08. The lowest BCUT2D eigenvalue weighted by molar-refractivity contribution is -0.0480. The van der Waals surface area contributed by atoms with Crippen LogP contribution in [0.2, 0.25) is 0 Å². The van der Waals surface area contributed by atoms with E-state index in [9.17, 15) is 4.39 Å². The topological polar surface area (TPSA) is 18.5 Å². The minimum atomic E-state index is -1.18. The van der Waals surface area contributed by atoms with Gasteiger partial charge in [0.1, 0.15) is 0 Å². The van der Waals surface area contributed by atoms with Gasteiger partial charge in [0.15, 0.2) is 6.36 Å². The van der Waals surface area contributed by atoms with Crippen LogP contribution < -0.4 is 0 Å². The van der Waals surface area contributed by atoms with Crippen molar-refractivity contribution in [1.29, 1.82) is 0 Å². The molecule has 0 amide bonds. The first-order valence-electron chi connectivity index (χ1n) is 3.10. The lowest BCUT2D eigenvalue weighted by Gasteiger charge is -2.03. The van der Waals surface area contributed by atoms with Crippen molar-refractivity contribution in [3.63, 3.8) is 0 Å². The Balaban J connectivity index is 2.75. The Morgan fingerprint density at radius 3 is 2.56 bits per heavy atom. The molecule has 0 aromatic heterocycles. The highest BCUT2D eigenvalue weighted by Gasteiger charge is 1.94. The molecule has 0 saturated carbocycles. The zero-order chi connectivity index (χ0) is 7.11. The SMILES string of the molecule is CCOCCOC(C)F. The summed E-state index contributed by atoms with van der Waals surface area (Å²) >= 11 is 0. The van der Waals surface area contributed by atoms with E-state index in [1.54, 1.807) is 0 Å². The molecular formula is C6H13FO2. The summed E-state index contributed by atoms with van der Waals surface area (Å²) in [5, 5.41) is 0. The van der Waals surface area contributed by atoms with Crippen LogP contribution in [0.25, 0.3) is 0 Å². The molecule has 0 fully saturated rings. The molecule has 2 nitrogen and oxygen atoms in total. The molecule has 0 radical (unpaired) electrons. The van der Waals surface area contributed by atoms with Crippen molar-refractivity contribution in [1.82, 2.24) is 0 Å². The zero-order valence-corrected chi connectivity index (χ0v) is 5.89. The molecule has 3 heteroatoms. The highest BCUT2D eigenvalue weighted by Crippen LogP contribution is 1.89. The van der Waals surface area contributed by atoms with Crippen molar-refractivity contribution in [2.45, 2.75) is 20.2 Å². The molecule has 0 aromatic carbocycles. The second kappa shape index (κ2) is 5.98. The number of halogens is 1. The highest BCUT2D eigenvalue weighted by atomic mass is 19.1. The Morgan fingerprint density at radius 2 is 2.11 bits per heavy atom. The Kier molecular flexibility index (Phi) is 5.88. The summed E-state index contributed by atoms with van der Waals surface area (Å²) in [6.45, 7) is 4.71. The van der Waals surface area contributed by atoms with E-state index in [1.807, 2.05) is 6.92 Å². The van der Waals surface area contributed by atoms with Gasteiger partial charge in [-0.25, -0.2) is 4.39 Å². The molecule has 1 atom stereocenters. The Labute approximate surface area is 55.0 Å². The van der Waals surface area contributed by atoms with Gasteiger partial charge in [0.2, 0.25) is 0 Å². The Hall–Kier alpha value is -0.150. The van der Waals surface area contributed by atoms with Gasteiger partial charge in [-0.2, -0.15) is 0 Å². The maximum absolute atomic E-state index is 11.9. The molecule has 0 saturated heterocycles. The van der Waals surface area contributed by atoms with Gasteiger partial charge in [0.05, 0.1) is 13.2 Å². The number of hydrogen-bond acceptors (Lipinski definition) is 2. The van der Waals surface area contributed by atoms with Crippen molar-refractivity contribution >= 4 is 0 Å². The van der Waals surface area contributed by atoms with Crippen molar-refractivity contribution in [2.24, 2.45) is 0 Å². The van der Waals surface area contributed by atoms with Crippen molar-refractivity contribution in [3.8, 4) is 0 Å². The van der Waals surface area contributed by atoms with E-state index >= 15 is 0 Å². The highest BCUT2D eigenvalue weighted by molar-refractivity contribution is 4.28. The van der Waals surface area contributed by atoms with Crippen LogP contribution in [0.3, 0.4) is 0 Å². The summed E-state index contributed by atoms with van der Waals surface area (Å²) in [6, 6.07) is 0. The van der Waals surface area contributed by atoms with Crippen LogP contribution in [-0.4, -0.2) is 26.2 Å². The van der Waals surface area contributed by atoms with Crippen molar-refractivity contribution in [2.75, 3.05) is 19.8 Å². The van der Waals surface area contributed by atoms with Gasteiger partial charge in [0.25, 0.3) is 0 Å². The van der Waals surface area contributed by atoms with Gasteiger partial charge in [-0.3, -0.25) is 0 Å². The lowest BCUT2D eigenvalue weighted by atomic mass is 10.7. The predicted octanol–water partition coefficient (Wildman–Crippen LogP) is 1.35. The summed E-state index contributed by atoms with van der Waals surface area (Å²) in [5.41, 5.74) is 0. The molecule has 0 rings (SSSR count). The van der Waals surface area contributed by atoms with Gasteiger partial charge >= 0.3 is 0 Å². The fraction of sp³-hybridized carbons (Fsp3) is 1.00. The first kappa shape index (κ1) is 8.85. The van der Waals surface area contributed by atoms with Crippen LogP contribution in [0.4, 0.5) is 4.39 Å².